The van der Waals surface area contributed by atoms with E-state index in [0.29, 0.717) is 0 Å². The lowest BCUT2D eigenvalue weighted by atomic mass is 10.0. The predicted octanol–water partition coefficient (Wildman–Crippen LogP) is 7.90. The van der Waals surface area contributed by atoms with Crippen LogP contribution in [0.2, 0.25) is 0 Å². The standard InChI is InChI=1S/C21H33F3S/c1-2-17-25-18-11-9-7-5-3-4-6-8-10-12-19-13-15-20(16-14-19)21(22,23)24/h13-16H,2-12,17-18H2,1H3. The zero-order valence-corrected chi connectivity index (χ0v) is 16.4. The third-order valence-electron chi connectivity index (χ3n) is 4.38. The van der Waals surface area contributed by atoms with Gasteiger partial charge in [-0.05, 0) is 54.9 Å². The van der Waals surface area contributed by atoms with E-state index in [1.54, 1.807) is 12.1 Å². The summed E-state index contributed by atoms with van der Waals surface area (Å²) in [6.07, 6.45) is 9.46. The lowest BCUT2D eigenvalue weighted by Gasteiger charge is -2.07. The molecule has 0 heterocycles. The second-order valence-corrected chi connectivity index (χ2v) is 7.96. The Balaban J connectivity index is 1.92. The minimum Gasteiger partial charge on any atom is -0.166 e. The minimum atomic E-state index is -4.23. The molecule has 1 aromatic rings. The van der Waals surface area contributed by atoms with E-state index in [9.17, 15) is 13.2 Å². The fourth-order valence-electron chi connectivity index (χ4n) is 2.88. The fraction of sp³-hybridized carbons (Fsp3) is 0.714. The molecule has 0 aromatic heterocycles. The van der Waals surface area contributed by atoms with Crippen molar-refractivity contribution in [1.29, 1.82) is 0 Å². The van der Waals surface area contributed by atoms with Crippen molar-refractivity contribution in [2.75, 3.05) is 11.5 Å². The number of alkyl halides is 3. The van der Waals surface area contributed by atoms with Gasteiger partial charge in [-0.15, -0.1) is 0 Å². The molecule has 0 fully saturated rings. The number of thioether (sulfide) groups is 1. The van der Waals surface area contributed by atoms with E-state index < -0.39 is 11.7 Å². The molecule has 0 atom stereocenters. The summed E-state index contributed by atoms with van der Waals surface area (Å²) in [4.78, 5) is 0. The Morgan fingerprint density at radius 2 is 1.24 bits per heavy atom. The third kappa shape index (κ3) is 11.6. The topological polar surface area (TPSA) is 0 Å². The second-order valence-electron chi connectivity index (χ2n) is 6.74. The molecule has 0 N–H and O–H groups in total. The number of benzene rings is 1. The summed E-state index contributed by atoms with van der Waals surface area (Å²) < 4.78 is 37.5. The summed E-state index contributed by atoms with van der Waals surface area (Å²) in [6, 6.07) is 5.61. The van der Waals surface area contributed by atoms with Gasteiger partial charge in [0.25, 0.3) is 0 Å². The molecule has 0 aliphatic rings. The second kappa shape index (κ2) is 13.5. The maximum atomic E-state index is 12.5. The molecule has 144 valence electrons. The number of aryl methyl sites for hydroxylation is 1. The van der Waals surface area contributed by atoms with Crippen molar-refractivity contribution < 1.29 is 13.2 Å². The molecule has 0 radical (unpaired) electrons. The summed E-state index contributed by atoms with van der Waals surface area (Å²) in [5.74, 6) is 2.62. The van der Waals surface area contributed by atoms with Crippen molar-refractivity contribution in [3.05, 3.63) is 35.4 Å². The number of unbranched alkanes of at least 4 members (excludes halogenated alkanes) is 8. The van der Waals surface area contributed by atoms with Gasteiger partial charge < -0.3 is 0 Å². The number of rotatable bonds is 14. The molecule has 0 bridgehead atoms. The molecule has 0 saturated heterocycles. The van der Waals surface area contributed by atoms with Crippen LogP contribution >= 0.6 is 11.8 Å². The van der Waals surface area contributed by atoms with Gasteiger partial charge in [-0.3, -0.25) is 0 Å². The van der Waals surface area contributed by atoms with Crippen LogP contribution in [0.25, 0.3) is 0 Å². The molecule has 0 amide bonds. The summed E-state index contributed by atoms with van der Waals surface area (Å²) in [5.41, 5.74) is 0.453. The van der Waals surface area contributed by atoms with Crippen molar-refractivity contribution in [2.24, 2.45) is 0 Å². The van der Waals surface area contributed by atoms with E-state index in [4.69, 9.17) is 0 Å². The SMILES string of the molecule is CCCSCCCCCCCCCCCc1ccc(C(F)(F)F)cc1. The zero-order chi connectivity index (χ0) is 18.4. The average Bonchev–Trinajstić information content (AvgIpc) is 2.58. The number of halogens is 3. The first kappa shape index (κ1) is 22.4. The average molecular weight is 375 g/mol. The molecule has 0 saturated carbocycles. The van der Waals surface area contributed by atoms with Crippen molar-refractivity contribution in [2.45, 2.75) is 83.7 Å². The Morgan fingerprint density at radius 3 is 1.76 bits per heavy atom. The van der Waals surface area contributed by atoms with Crippen LogP contribution in [0.4, 0.5) is 13.2 Å². The molecule has 4 heteroatoms. The first-order valence-electron chi connectivity index (χ1n) is 9.78. The lowest BCUT2D eigenvalue weighted by Crippen LogP contribution is -2.04. The van der Waals surface area contributed by atoms with Gasteiger partial charge in [0, 0.05) is 0 Å². The van der Waals surface area contributed by atoms with Gasteiger partial charge in [0.05, 0.1) is 5.56 Å². The Bertz CT molecular complexity index is 426. The minimum absolute atomic E-state index is 0.555. The lowest BCUT2D eigenvalue weighted by molar-refractivity contribution is -0.137. The highest BCUT2D eigenvalue weighted by molar-refractivity contribution is 7.99. The Labute approximate surface area is 156 Å². The van der Waals surface area contributed by atoms with E-state index in [1.807, 2.05) is 0 Å². The van der Waals surface area contributed by atoms with Gasteiger partial charge in [-0.25, -0.2) is 0 Å². The largest absolute Gasteiger partial charge is 0.416 e. The molecule has 1 aromatic carbocycles. The van der Waals surface area contributed by atoms with E-state index in [2.05, 4.69) is 18.7 Å². The van der Waals surface area contributed by atoms with Crippen molar-refractivity contribution >= 4 is 11.8 Å². The maximum Gasteiger partial charge on any atom is 0.416 e. The zero-order valence-electron chi connectivity index (χ0n) is 15.5. The van der Waals surface area contributed by atoms with Crippen LogP contribution in [0.3, 0.4) is 0 Å². The highest BCUT2D eigenvalue weighted by Gasteiger charge is 2.29. The Morgan fingerprint density at radius 1 is 0.720 bits per heavy atom. The van der Waals surface area contributed by atoms with Gasteiger partial charge in [-0.2, -0.15) is 24.9 Å². The smallest absolute Gasteiger partial charge is 0.166 e. The molecule has 0 aliphatic heterocycles. The molecule has 0 nitrogen and oxygen atoms in total. The molecule has 1 rings (SSSR count). The van der Waals surface area contributed by atoms with Crippen LogP contribution in [0.5, 0.6) is 0 Å². The van der Waals surface area contributed by atoms with Crippen LogP contribution in [0.1, 0.15) is 82.3 Å². The van der Waals surface area contributed by atoms with Crippen LogP contribution in [-0.2, 0) is 12.6 Å². The number of hydrogen-bond donors (Lipinski definition) is 0. The highest BCUT2D eigenvalue weighted by atomic mass is 32.2. The van der Waals surface area contributed by atoms with Crippen molar-refractivity contribution in [3.63, 3.8) is 0 Å². The van der Waals surface area contributed by atoms with Crippen LogP contribution in [0.15, 0.2) is 24.3 Å². The summed E-state index contributed by atoms with van der Waals surface area (Å²) in [5, 5.41) is 0. The molecule has 25 heavy (non-hydrogen) atoms. The third-order valence-corrected chi connectivity index (χ3v) is 5.66. The molecule has 0 aliphatic carbocycles. The Hall–Kier alpha value is -0.640. The van der Waals surface area contributed by atoms with E-state index in [1.165, 1.54) is 81.4 Å². The highest BCUT2D eigenvalue weighted by Crippen LogP contribution is 2.29. The van der Waals surface area contributed by atoms with Gasteiger partial charge >= 0.3 is 6.18 Å². The fourth-order valence-corrected chi connectivity index (χ4v) is 3.78. The molecular weight excluding hydrogens is 341 g/mol. The quantitative estimate of drug-likeness (QED) is 0.298. The first-order chi connectivity index (χ1) is 12.0. The normalized spacial score (nSPS) is 11.8. The van der Waals surface area contributed by atoms with E-state index in [0.717, 1.165) is 18.4 Å². The van der Waals surface area contributed by atoms with Gasteiger partial charge in [0.15, 0.2) is 0 Å². The maximum absolute atomic E-state index is 12.5. The van der Waals surface area contributed by atoms with Crippen LogP contribution in [0, 0.1) is 0 Å². The first-order valence-corrected chi connectivity index (χ1v) is 10.9. The number of hydrogen-bond acceptors (Lipinski definition) is 1. The predicted molar refractivity (Wildman–Crippen MR) is 104 cm³/mol. The monoisotopic (exact) mass is 374 g/mol. The van der Waals surface area contributed by atoms with Gasteiger partial charge in [0.1, 0.15) is 0 Å². The molecule has 0 spiro atoms. The van der Waals surface area contributed by atoms with Crippen LogP contribution in [-0.4, -0.2) is 11.5 Å². The van der Waals surface area contributed by atoms with Crippen molar-refractivity contribution in [3.8, 4) is 0 Å². The van der Waals surface area contributed by atoms with E-state index in [-0.39, 0.29) is 0 Å². The molecule has 0 unspecified atom stereocenters. The Kier molecular flexibility index (Phi) is 12.1. The van der Waals surface area contributed by atoms with E-state index >= 15 is 0 Å². The van der Waals surface area contributed by atoms with Crippen LogP contribution < -0.4 is 0 Å². The van der Waals surface area contributed by atoms with Gasteiger partial charge in [-0.1, -0.05) is 64.0 Å². The summed E-state index contributed by atoms with van der Waals surface area (Å²) in [7, 11) is 0. The summed E-state index contributed by atoms with van der Waals surface area (Å²) >= 11 is 2.07. The van der Waals surface area contributed by atoms with Crippen molar-refractivity contribution in [1.82, 2.24) is 0 Å². The molecular formula is C21H33F3S. The van der Waals surface area contributed by atoms with Gasteiger partial charge in [0.2, 0.25) is 0 Å². The summed E-state index contributed by atoms with van der Waals surface area (Å²) in [6.45, 7) is 2.23.